The van der Waals surface area contributed by atoms with Crippen LogP contribution in [0.25, 0.3) is 0 Å². The topological polar surface area (TPSA) is 66.9 Å². The first-order valence-corrected chi connectivity index (χ1v) is 8.51. The molecule has 23 heavy (non-hydrogen) atoms. The molecule has 0 atom stereocenters. The molecule has 0 saturated carbocycles. The SMILES string of the molecule is Cc1ccc(Nc2ccc(NC(=O)c3cccs3)nn2)c(Br)c1. The normalized spacial score (nSPS) is 10.3. The molecule has 0 fully saturated rings. The van der Waals surface area contributed by atoms with Gasteiger partial charge in [-0.1, -0.05) is 12.1 Å². The van der Waals surface area contributed by atoms with E-state index in [9.17, 15) is 4.79 Å². The summed E-state index contributed by atoms with van der Waals surface area (Å²) in [6.07, 6.45) is 0. The highest BCUT2D eigenvalue weighted by atomic mass is 79.9. The molecule has 0 saturated heterocycles. The maximum Gasteiger partial charge on any atom is 0.266 e. The lowest BCUT2D eigenvalue weighted by Crippen LogP contribution is -2.12. The zero-order valence-electron chi connectivity index (χ0n) is 12.2. The number of amides is 1. The molecule has 0 aliphatic rings. The molecule has 2 N–H and O–H groups in total. The number of hydrogen-bond acceptors (Lipinski definition) is 5. The van der Waals surface area contributed by atoms with Crippen LogP contribution in [-0.4, -0.2) is 16.1 Å². The summed E-state index contributed by atoms with van der Waals surface area (Å²) >= 11 is 4.89. The van der Waals surface area contributed by atoms with Gasteiger partial charge in [-0.25, -0.2) is 0 Å². The maximum absolute atomic E-state index is 11.9. The van der Waals surface area contributed by atoms with Gasteiger partial charge in [0.2, 0.25) is 0 Å². The van der Waals surface area contributed by atoms with E-state index in [4.69, 9.17) is 0 Å². The van der Waals surface area contributed by atoms with Gasteiger partial charge in [-0.05, 0) is 64.1 Å². The summed E-state index contributed by atoms with van der Waals surface area (Å²) in [6.45, 7) is 2.03. The Balaban J connectivity index is 1.68. The van der Waals surface area contributed by atoms with E-state index in [0.29, 0.717) is 16.5 Å². The number of benzene rings is 1. The number of hydrogen-bond donors (Lipinski definition) is 2. The van der Waals surface area contributed by atoms with E-state index in [-0.39, 0.29) is 5.91 Å². The summed E-state index contributed by atoms with van der Waals surface area (Å²) in [4.78, 5) is 12.6. The van der Waals surface area contributed by atoms with Crippen LogP contribution < -0.4 is 10.6 Å². The van der Waals surface area contributed by atoms with Crippen LogP contribution in [-0.2, 0) is 0 Å². The Morgan fingerprint density at radius 2 is 1.91 bits per heavy atom. The number of thiophene rings is 1. The Hall–Kier alpha value is -2.25. The number of rotatable bonds is 4. The van der Waals surface area contributed by atoms with Crippen molar-refractivity contribution in [3.05, 3.63) is 62.8 Å². The van der Waals surface area contributed by atoms with Crippen LogP contribution in [0.2, 0.25) is 0 Å². The van der Waals surface area contributed by atoms with E-state index in [2.05, 4.69) is 36.8 Å². The van der Waals surface area contributed by atoms with Gasteiger partial charge in [0.15, 0.2) is 11.6 Å². The fourth-order valence-electron chi connectivity index (χ4n) is 1.91. The lowest BCUT2D eigenvalue weighted by molar-refractivity contribution is 0.103. The third-order valence-corrected chi connectivity index (χ3v) is 4.56. The van der Waals surface area contributed by atoms with Gasteiger partial charge in [0.25, 0.3) is 5.91 Å². The van der Waals surface area contributed by atoms with E-state index >= 15 is 0 Å². The van der Waals surface area contributed by atoms with Crippen LogP contribution >= 0.6 is 27.3 Å². The first-order chi connectivity index (χ1) is 11.1. The summed E-state index contributed by atoms with van der Waals surface area (Å²) in [5.41, 5.74) is 2.07. The van der Waals surface area contributed by atoms with Crippen LogP contribution in [0.1, 0.15) is 15.2 Å². The number of anilines is 3. The van der Waals surface area contributed by atoms with E-state index < -0.39 is 0 Å². The highest BCUT2D eigenvalue weighted by Gasteiger charge is 2.08. The zero-order valence-corrected chi connectivity index (χ0v) is 14.6. The van der Waals surface area contributed by atoms with Gasteiger partial charge in [-0.2, -0.15) is 0 Å². The fourth-order valence-corrected chi connectivity index (χ4v) is 3.12. The first kappa shape index (κ1) is 15.6. The Morgan fingerprint density at radius 1 is 1.13 bits per heavy atom. The molecule has 0 bridgehead atoms. The molecule has 3 rings (SSSR count). The lowest BCUT2D eigenvalue weighted by atomic mass is 10.2. The van der Waals surface area contributed by atoms with Crippen molar-refractivity contribution in [2.24, 2.45) is 0 Å². The molecule has 5 nitrogen and oxygen atoms in total. The Bertz CT molecular complexity index is 819. The molecule has 0 aliphatic carbocycles. The molecule has 7 heteroatoms. The Labute approximate surface area is 145 Å². The summed E-state index contributed by atoms with van der Waals surface area (Å²) in [5.74, 6) is 0.830. The lowest BCUT2D eigenvalue weighted by Gasteiger charge is -2.08. The highest BCUT2D eigenvalue weighted by molar-refractivity contribution is 9.10. The van der Waals surface area contributed by atoms with Crippen molar-refractivity contribution in [1.82, 2.24) is 10.2 Å². The molecule has 3 aromatic rings. The van der Waals surface area contributed by atoms with Crippen molar-refractivity contribution < 1.29 is 4.79 Å². The second kappa shape index (κ2) is 6.89. The van der Waals surface area contributed by atoms with Crippen LogP contribution in [0.4, 0.5) is 17.3 Å². The predicted octanol–water partition coefficient (Wildman–Crippen LogP) is 4.60. The smallest absolute Gasteiger partial charge is 0.266 e. The summed E-state index contributed by atoms with van der Waals surface area (Å²) in [6, 6.07) is 13.1. The summed E-state index contributed by atoms with van der Waals surface area (Å²) in [7, 11) is 0. The van der Waals surface area contributed by atoms with E-state index in [1.165, 1.54) is 16.9 Å². The van der Waals surface area contributed by atoms with E-state index in [1.807, 2.05) is 36.6 Å². The molecule has 0 unspecified atom stereocenters. The summed E-state index contributed by atoms with van der Waals surface area (Å²) in [5, 5.41) is 15.8. The monoisotopic (exact) mass is 388 g/mol. The first-order valence-electron chi connectivity index (χ1n) is 6.83. The van der Waals surface area contributed by atoms with Crippen molar-refractivity contribution in [2.75, 3.05) is 10.6 Å². The maximum atomic E-state index is 11.9. The number of nitrogens with one attached hydrogen (secondary N) is 2. The third kappa shape index (κ3) is 3.94. The Kier molecular flexibility index (Phi) is 4.68. The number of aromatic nitrogens is 2. The standard InChI is InChI=1S/C16H13BrN4OS/c1-10-4-5-12(11(17)9-10)18-14-6-7-15(21-20-14)19-16(22)13-3-2-8-23-13/h2-9H,1H3,(H,18,20)(H,19,21,22). The van der Waals surface area contributed by atoms with E-state index in [1.54, 1.807) is 18.2 Å². The quantitative estimate of drug-likeness (QED) is 0.684. The van der Waals surface area contributed by atoms with Gasteiger partial charge >= 0.3 is 0 Å². The van der Waals surface area contributed by atoms with Crippen LogP contribution in [0.3, 0.4) is 0 Å². The van der Waals surface area contributed by atoms with Crippen molar-refractivity contribution >= 4 is 50.5 Å². The molecule has 2 heterocycles. The minimum atomic E-state index is -0.184. The van der Waals surface area contributed by atoms with Gasteiger partial charge < -0.3 is 10.6 Å². The van der Waals surface area contributed by atoms with Gasteiger partial charge in [0, 0.05) is 4.47 Å². The van der Waals surface area contributed by atoms with Crippen molar-refractivity contribution in [3.63, 3.8) is 0 Å². The second-order valence-electron chi connectivity index (χ2n) is 4.84. The molecule has 1 amide bonds. The fraction of sp³-hybridized carbons (Fsp3) is 0.0625. The number of halogens is 1. The Morgan fingerprint density at radius 3 is 2.57 bits per heavy atom. The average molecular weight is 389 g/mol. The van der Waals surface area contributed by atoms with Crippen molar-refractivity contribution in [3.8, 4) is 0 Å². The molecular formula is C16H13BrN4OS. The largest absolute Gasteiger partial charge is 0.338 e. The van der Waals surface area contributed by atoms with Crippen molar-refractivity contribution in [1.29, 1.82) is 0 Å². The minimum absolute atomic E-state index is 0.184. The number of aryl methyl sites for hydroxylation is 1. The van der Waals surface area contributed by atoms with E-state index in [0.717, 1.165) is 10.2 Å². The molecule has 0 radical (unpaired) electrons. The summed E-state index contributed by atoms with van der Waals surface area (Å²) < 4.78 is 0.953. The number of nitrogens with zero attached hydrogens (tertiary/aromatic N) is 2. The zero-order chi connectivity index (χ0) is 16.2. The van der Waals surface area contributed by atoms with Crippen LogP contribution in [0, 0.1) is 6.92 Å². The third-order valence-electron chi connectivity index (χ3n) is 3.04. The molecule has 0 aliphatic heterocycles. The molecule has 116 valence electrons. The van der Waals surface area contributed by atoms with Gasteiger partial charge in [0.1, 0.15) is 0 Å². The second-order valence-corrected chi connectivity index (χ2v) is 6.65. The highest BCUT2D eigenvalue weighted by Crippen LogP contribution is 2.26. The molecule has 1 aromatic carbocycles. The molecular weight excluding hydrogens is 376 g/mol. The average Bonchev–Trinajstić information content (AvgIpc) is 3.06. The van der Waals surface area contributed by atoms with Crippen LogP contribution in [0.15, 0.2) is 52.3 Å². The van der Waals surface area contributed by atoms with Crippen molar-refractivity contribution in [2.45, 2.75) is 6.92 Å². The minimum Gasteiger partial charge on any atom is -0.338 e. The molecule has 2 aromatic heterocycles. The number of carbonyl (C=O) groups excluding carboxylic acids is 1. The number of carbonyl (C=O) groups is 1. The van der Waals surface area contributed by atoms with Gasteiger partial charge in [-0.15, -0.1) is 21.5 Å². The van der Waals surface area contributed by atoms with Gasteiger partial charge in [-0.3, -0.25) is 4.79 Å². The van der Waals surface area contributed by atoms with Gasteiger partial charge in [0.05, 0.1) is 10.6 Å². The van der Waals surface area contributed by atoms with Crippen LogP contribution in [0.5, 0.6) is 0 Å². The molecule has 0 spiro atoms. The predicted molar refractivity (Wildman–Crippen MR) is 96.5 cm³/mol.